The van der Waals surface area contributed by atoms with E-state index < -0.39 is 12.0 Å². The second-order valence-electron chi connectivity index (χ2n) is 5.01. The average Bonchev–Trinajstić information content (AvgIpc) is 2.79. The molecule has 2 atom stereocenters. The lowest BCUT2D eigenvalue weighted by atomic mass is 10.1. The summed E-state index contributed by atoms with van der Waals surface area (Å²) in [6, 6.07) is -0.936. The van der Waals surface area contributed by atoms with Gasteiger partial charge in [-0.25, -0.2) is 9.59 Å². The average molecular weight is 286 g/mol. The Morgan fingerprint density at radius 2 is 2.21 bits per heavy atom. The zero-order valence-corrected chi connectivity index (χ0v) is 12.5. The van der Waals surface area contributed by atoms with Crippen LogP contribution in [0.5, 0.6) is 0 Å². The number of carboxylic acids is 1. The summed E-state index contributed by atoms with van der Waals surface area (Å²) >= 11 is 1.54. The third-order valence-corrected chi connectivity index (χ3v) is 4.73. The van der Waals surface area contributed by atoms with Gasteiger partial charge in [0.25, 0.3) is 0 Å². The zero-order valence-electron chi connectivity index (χ0n) is 11.7. The van der Waals surface area contributed by atoms with Gasteiger partial charge in [-0.3, -0.25) is 4.90 Å². The summed E-state index contributed by atoms with van der Waals surface area (Å²) in [7, 11) is 1.70. The summed E-state index contributed by atoms with van der Waals surface area (Å²) in [6.45, 7) is 8.19. The fourth-order valence-electron chi connectivity index (χ4n) is 2.05. The Balaban J connectivity index is 2.85. The maximum absolute atomic E-state index is 12.4. The minimum atomic E-state index is -0.930. The van der Waals surface area contributed by atoms with Gasteiger partial charge in [-0.15, -0.1) is 18.3 Å². The highest BCUT2D eigenvalue weighted by Crippen LogP contribution is 2.34. The Kier molecular flexibility index (Phi) is 5.72. The van der Waals surface area contributed by atoms with Crippen LogP contribution in [0.3, 0.4) is 0 Å². The maximum Gasteiger partial charge on any atom is 0.327 e. The number of rotatable bonds is 5. The molecule has 0 aromatic carbocycles. The first-order valence-electron chi connectivity index (χ1n) is 6.38. The number of carbonyl (C=O) groups is 2. The monoisotopic (exact) mass is 286 g/mol. The van der Waals surface area contributed by atoms with Gasteiger partial charge in [0.2, 0.25) is 0 Å². The Morgan fingerprint density at radius 3 is 2.68 bits per heavy atom. The van der Waals surface area contributed by atoms with Gasteiger partial charge in [-0.2, -0.15) is 0 Å². The standard InChI is InChI=1S/C13H22N2O3S/c1-5-6-7-14(4)13(18)15-10(12(16)17)8-19-11(15)9(2)3/h5,9-11H,1,6-8H2,2-4H3,(H,16,17). The Bertz CT molecular complexity index is 360. The summed E-state index contributed by atoms with van der Waals surface area (Å²) in [5.41, 5.74) is 0. The van der Waals surface area contributed by atoms with Crippen LogP contribution in [0.2, 0.25) is 0 Å². The van der Waals surface area contributed by atoms with Crippen LogP contribution in [0.25, 0.3) is 0 Å². The van der Waals surface area contributed by atoms with Crippen molar-refractivity contribution >= 4 is 23.8 Å². The molecule has 0 saturated carbocycles. The van der Waals surface area contributed by atoms with Crippen LogP contribution in [-0.4, -0.2) is 57.7 Å². The van der Waals surface area contributed by atoms with E-state index >= 15 is 0 Å². The summed E-state index contributed by atoms with van der Waals surface area (Å²) in [4.78, 5) is 26.8. The summed E-state index contributed by atoms with van der Waals surface area (Å²) in [6.07, 6.45) is 2.45. The molecular weight excluding hydrogens is 264 g/mol. The fraction of sp³-hybridized carbons (Fsp3) is 0.692. The smallest absolute Gasteiger partial charge is 0.327 e. The lowest BCUT2D eigenvalue weighted by molar-refractivity contribution is -0.141. The van der Waals surface area contributed by atoms with Crippen molar-refractivity contribution in [3.8, 4) is 0 Å². The molecule has 0 bridgehead atoms. The topological polar surface area (TPSA) is 60.9 Å². The number of nitrogens with zero attached hydrogens (tertiary/aromatic N) is 2. The van der Waals surface area contributed by atoms with E-state index in [1.165, 1.54) is 4.90 Å². The molecule has 1 aliphatic rings. The highest BCUT2D eigenvalue weighted by Gasteiger charge is 2.43. The quantitative estimate of drug-likeness (QED) is 0.786. The molecule has 1 fully saturated rings. The molecule has 1 aliphatic heterocycles. The van der Waals surface area contributed by atoms with Crippen LogP contribution in [0, 0.1) is 5.92 Å². The fourth-order valence-corrected chi connectivity index (χ4v) is 3.52. The normalized spacial score (nSPS) is 22.6. The Hall–Kier alpha value is -1.17. The van der Waals surface area contributed by atoms with Crippen molar-refractivity contribution in [2.75, 3.05) is 19.3 Å². The van der Waals surface area contributed by atoms with Crippen molar-refractivity contribution < 1.29 is 14.7 Å². The van der Waals surface area contributed by atoms with Crippen molar-refractivity contribution in [1.29, 1.82) is 0 Å². The third-order valence-electron chi connectivity index (χ3n) is 3.11. The molecule has 2 unspecified atom stereocenters. The number of thioether (sulfide) groups is 1. The first kappa shape index (κ1) is 15.9. The van der Waals surface area contributed by atoms with E-state index in [1.807, 2.05) is 13.8 Å². The Labute approximate surface area is 118 Å². The third kappa shape index (κ3) is 3.65. The highest BCUT2D eigenvalue weighted by atomic mass is 32.2. The second-order valence-corrected chi connectivity index (χ2v) is 6.16. The van der Waals surface area contributed by atoms with Crippen molar-refractivity contribution in [2.45, 2.75) is 31.7 Å². The number of amides is 2. The van der Waals surface area contributed by atoms with Crippen LogP contribution in [0.1, 0.15) is 20.3 Å². The van der Waals surface area contributed by atoms with Gasteiger partial charge in [0, 0.05) is 19.3 Å². The minimum Gasteiger partial charge on any atom is -0.480 e. The number of hydrogen-bond acceptors (Lipinski definition) is 3. The van der Waals surface area contributed by atoms with Gasteiger partial charge in [0.15, 0.2) is 0 Å². The second kappa shape index (κ2) is 6.84. The molecule has 1 N–H and O–H groups in total. The maximum atomic E-state index is 12.4. The first-order valence-corrected chi connectivity index (χ1v) is 7.43. The van der Waals surface area contributed by atoms with Gasteiger partial charge in [-0.05, 0) is 12.3 Å². The minimum absolute atomic E-state index is 0.0696. The molecule has 0 radical (unpaired) electrons. The first-order chi connectivity index (χ1) is 8.90. The van der Waals surface area contributed by atoms with E-state index in [-0.39, 0.29) is 17.3 Å². The van der Waals surface area contributed by atoms with Crippen LogP contribution >= 0.6 is 11.8 Å². The molecule has 0 aromatic rings. The van der Waals surface area contributed by atoms with Crippen molar-refractivity contribution in [3.63, 3.8) is 0 Å². The molecule has 1 rings (SSSR count). The van der Waals surface area contributed by atoms with E-state index in [9.17, 15) is 14.7 Å². The van der Waals surface area contributed by atoms with E-state index in [0.29, 0.717) is 18.7 Å². The molecule has 0 aliphatic carbocycles. The molecule has 0 aromatic heterocycles. The summed E-state index contributed by atoms with van der Waals surface area (Å²) < 4.78 is 0. The number of carboxylic acid groups (broad SMARTS) is 1. The number of hydrogen-bond donors (Lipinski definition) is 1. The molecule has 19 heavy (non-hydrogen) atoms. The van der Waals surface area contributed by atoms with Crippen molar-refractivity contribution in [2.24, 2.45) is 5.92 Å². The van der Waals surface area contributed by atoms with Crippen LogP contribution in [-0.2, 0) is 4.79 Å². The lowest BCUT2D eigenvalue weighted by Gasteiger charge is -2.33. The van der Waals surface area contributed by atoms with Crippen molar-refractivity contribution in [3.05, 3.63) is 12.7 Å². The SMILES string of the molecule is C=CCCN(C)C(=O)N1C(C(=O)O)CSC1C(C)C. The molecule has 0 spiro atoms. The lowest BCUT2D eigenvalue weighted by Crippen LogP contribution is -2.51. The predicted octanol–water partition coefficient (Wildman–Crippen LogP) is 2.10. The summed E-state index contributed by atoms with van der Waals surface area (Å²) in [5, 5.41) is 9.18. The molecule has 2 amide bonds. The van der Waals surface area contributed by atoms with Crippen molar-refractivity contribution in [1.82, 2.24) is 9.80 Å². The van der Waals surface area contributed by atoms with Gasteiger partial charge >= 0.3 is 12.0 Å². The summed E-state index contributed by atoms with van der Waals surface area (Å²) in [5.74, 6) is -0.244. The van der Waals surface area contributed by atoms with E-state index in [2.05, 4.69) is 6.58 Å². The number of urea groups is 1. The van der Waals surface area contributed by atoms with Gasteiger partial charge in [-0.1, -0.05) is 19.9 Å². The molecule has 1 saturated heterocycles. The number of aliphatic carboxylic acids is 1. The van der Waals surface area contributed by atoms with E-state index in [4.69, 9.17) is 0 Å². The molecule has 5 nitrogen and oxygen atoms in total. The van der Waals surface area contributed by atoms with Gasteiger partial charge in [0.05, 0.1) is 5.37 Å². The largest absolute Gasteiger partial charge is 0.480 e. The molecular formula is C13H22N2O3S. The van der Waals surface area contributed by atoms with E-state index in [0.717, 1.165) is 0 Å². The predicted molar refractivity (Wildman–Crippen MR) is 77.2 cm³/mol. The molecule has 108 valence electrons. The number of carbonyl (C=O) groups excluding carboxylic acids is 1. The highest BCUT2D eigenvalue weighted by molar-refractivity contribution is 8.00. The van der Waals surface area contributed by atoms with Gasteiger partial charge < -0.3 is 10.0 Å². The van der Waals surface area contributed by atoms with Crippen LogP contribution in [0.4, 0.5) is 4.79 Å². The Morgan fingerprint density at radius 1 is 1.58 bits per heavy atom. The van der Waals surface area contributed by atoms with Gasteiger partial charge in [0.1, 0.15) is 6.04 Å². The van der Waals surface area contributed by atoms with E-state index in [1.54, 1.807) is 29.8 Å². The molecule has 6 heteroatoms. The molecule has 1 heterocycles. The zero-order chi connectivity index (χ0) is 14.6. The van der Waals surface area contributed by atoms with Crippen LogP contribution in [0.15, 0.2) is 12.7 Å². The van der Waals surface area contributed by atoms with Crippen LogP contribution < -0.4 is 0 Å².